The molecule has 13 heavy (non-hydrogen) atoms. The van der Waals surface area contributed by atoms with E-state index in [2.05, 4.69) is 18.8 Å². The summed E-state index contributed by atoms with van der Waals surface area (Å²) in [7, 11) is 1.92. The van der Waals surface area contributed by atoms with Crippen molar-refractivity contribution >= 4 is 0 Å². The van der Waals surface area contributed by atoms with E-state index in [1.807, 2.05) is 17.8 Å². The molecule has 0 aromatic carbocycles. The Balaban J connectivity index is 2.27. The first-order valence-corrected chi connectivity index (χ1v) is 4.75. The highest BCUT2D eigenvalue weighted by molar-refractivity contribution is 5.16. The molecule has 1 aromatic heterocycles. The normalized spacial score (nSPS) is 38.8. The zero-order valence-electron chi connectivity index (χ0n) is 8.36. The lowest BCUT2D eigenvalue weighted by Crippen LogP contribution is -2.49. The maximum absolute atomic E-state index is 10.3. The molecule has 1 N–H and O–H groups in total. The highest BCUT2D eigenvalue weighted by Crippen LogP contribution is 2.49. The van der Waals surface area contributed by atoms with Crippen LogP contribution in [-0.4, -0.2) is 14.7 Å². The fourth-order valence-corrected chi connectivity index (χ4v) is 2.14. The van der Waals surface area contributed by atoms with Crippen molar-refractivity contribution in [2.45, 2.75) is 25.9 Å². The zero-order chi connectivity index (χ0) is 9.64. The van der Waals surface area contributed by atoms with E-state index in [0.29, 0.717) is 11.8 Å². The maximum atomic E-state index is 10.3. The summed E-state index contributed by atoms with van der Waals surface area (Å²) in [6, 6.07) is 0. The summed E-state index contributed by atoms with van der Waals surface area (Å²) in [4.78, 5) is 4.21. The lowest BCUT2D eigenvalue weighted by molar-refractivity contribution is -0.135. The van der Waals surface area contributed by atoms with Crippen molar-refractivity contribution in [3.8, 4) is 0 Å². The van der Waals surface area contributed by atoms with E-state index in [4.69, 9.17) is 0 Å². The second-order valence-electron chi connectivity index (χ2n) is 4.32. The number of rotatable bonds is 1. The van der Waals surface area contributed by atoms with E-state index in [1.54, 1.807) is 6.33 Å². The van der Waals surface area contributed by atoms with Crippen LogP contribution in [0.2, 0.25) is 0 Å². The van der Waals surface area contributed by atoms with E-state index in [9.17, 15) is 5.11 Å². The van der Waals surface area contributed by atoms with E-state index in [0.717, 1.165) is 12.1 Å². The second-order valence-corrected chi connectivity index (χ2v) is 4.32. The largest absolute Gasteiger partial charge is 0.383 e. The summed E-state index contributed by atoms with van der Waals surface area (Å²) in [6.45, 7) is 4.25. The van der Waals surface area contributed by atoms with Gasteiger partial charge in [-0.25, -0.2) is 4.98 Å². The molecular weight excluding hydrogens is 164 g/mol. The molecule has 2 rings (SSSR count). The van der Waals surface area contributed by atoms with Crippen molar-refractivity contribution < 1.29 is 5.11 Å². The summed E-state index contributed by atoms with van der Waals surface area (Å²) < 4.78 is 1.88. The summed E-state index contributed by atoms with van der Waals surface area (Å²) in [5.41, 5.74) is 0.154. The molecule has 1 heterocycles. The first-order chi connectivity index (χ1) is 6.04. The van der Waals surface area contributed by atoms with Gasteiger partial charge in [-0.15, -0.1) is 0 Å². The summed E-state index contributed by atoms with van der Waals surface area (Å²) in [6.07, 6.45) is 4.48. The van der Waals surface area contributed by atoms with Crippen LogP contribution in [-0.2, 0) is 12.6 Å². The zero-order valence-corrected chi connectivity index (χ0v) is 8.36. The third-order valence-electron chi connectivity index (χ3n) is 3.39. The minimum Gasteiger partial charge on any atom is -0.383 e. The Kier molecular flexibility index (Phi) is 1.74. The number of hydrogen-bond donors (Lipinski definition) is 1. The highest BCUT2D eigenvalue weighted by atomic mass is 16.3. The second kappa shape index (κ2) is 2.58. The Labute approximate surface area is 78.4 Å². The predicted molar refractivity (Wildman–Crippen MR) is 50.0 cm³/mol. The fourth-order valence-electron chi connectivity index (χ4n) is 2.14. The van der Waals surface area contributed by atoms with Gasteiger partial charge in [0.25, 0.3) is 0 Å². The van der Waals surface area contributed by atoms with Crippen LogP contribution in [0.4, 0.5) is 0 Å². The Morgan fingerprint density at radius 2 is 2.31 bits per heavy atom. The summed E-state index contributed by atoms with van der Waals surface area (Å²) in [5.74, 6) is 0.925. The van der Waals surface area contributed by atoms with Gasteiger partial charge in [0.15, 0.2) is 0 Å². The van der Waals surface area contributed by atoms with Crippen molar-refractivity contribution in [3.05, 3.63) is 18.2 Å². The summed E-state index contributed by atoms with van der Waals surface area (Å²) in [5, 5.41) is 10.3. The molecule has 3 heteroatoms. The first-order valence-electron chi connectivity index (χ1n) is 4.75. The molecule has 72 valence electrons. The number of aryl methyl sites for hydroxylation is 1. The number of aromatic nitrogens is 2. The van der Waals surface area contributed by atoms with Crippen molar-refractivity contribution in [2.75, 3.05) is 0 Å². The van der Waals surface area contributed by atoms with Crippen molar-refractivity contribution in [1.29, 1.82) is 0 Å². The van der Waals surface area contributed by atoms with Crippen LogP contribution in [0.15, 0.2) is 12.5 Å². The minimum atomic E-state index is -0.666. The van der Waals surface area contributed by atoms with Gasteiger partial charge in [-0.2, -0.15) is 0 Å². The van der Waals surface area contributed by atoms with Crippen molar-refractivity contribution in [1.82, 2.24) is 9.55 Å². The standard InChI is InChI=1S/C10H16N2O/c1-7-4-10(13,8(7)2)9-5-12(3)6-11-9/h5-8,13H,4H2,1-3H3. The predicted octanol–water partition coefficient (Wildman–Crippen LogP) is 1.28. The van der Waals surface area contributed by atoms with Gasteiger partial charge in [-0.05, 0) is 18.3 Å². The van der Waals surface area contributed by atoms with Gasteiger partial charge in [-0.3, -0.25) is 0 Å². The molecule has 0 aliphatic heterocycles. The Morgan fingerprint density at radius 1 is 1.62 bits per heavy atom. The Hall–Kier alpha value is -0.830. The van der Waals surface area contributed by atoms with Gasteiger partial charge in [0.05, 0.1) is 12.0 Å². The highest BCUT2D eigenvalue weighted by Gasteiger charge is 2.50. The molecule has 1 fully saturated rings. The lowest BCUT2D eigenvalue weighted by atomic mass is 9.62. The first kappa shape index (κ1) is 8.75. The monoisotopic (exact) mass is 180 g/mol. The van der Waals surface area contributed by atoms with Gasteiger partial charge in [0.2, 0.25) is 0 Å². The number of imidazole rings is 1. The molecule has 3 nitrogen and oxygen atoms in total. The fraction of sp³-hybridized carbons (Fsp3) is 0.700. The number of hydrogen-bond acceptors (Lipinski definition) is 2. The molecular formula is C10H16N2O. The Morgan fingerprint density at radius 3 is 2.69 bits per heavy atom. The van der Waals surface area contributed by atoms with Crippen LogP contribution in [0.1, 0.15) is 26.0 Å². The van der Waals surface area contributed by atoms with E-state index < -0.39 is 5.60 Å². The third-order valence-corrected chi connectivity index (χ3v) is 3.39. The molecule has 0 spiro atoms. The summed E-state index contributed by atoms with van der Waals surface area (Å²) >= 11 is 0. The van der Waals surface area contributed by atoms with Crippen molar-refractivity contribution in [2.24, 2.45) is 18.9 Å². The smallest absolute Gasteiger partial charge is 0.111 e. The molecule has 1 aromatic rings. The maximum Gasteiger partial charge on any atom is 0.111 e. The van der Waals surface area contributed by atoms with Gasteiger partial charge in [0.1, 0.15) is 5.60 Å². The molecule has 1 aliphatic carbocycles. The van der Waals surface area contributed by atoms with Gasteiger partial charge >= 0.3 is 0 Å². The molecule has 0 saturated heterocycles. The topological polar surface area (TPSA) is 38.0 Å². The van der Waals surface area contributed by atoms with Crippen LogP contribution in [0, 0.1) is 11.8 Å². The van der Waals surface area contributed by atoms with E-state index in [1.165, 1.54) is 0 Å². The molecule has 0 amide bonds. The van der Waals surface area contributed by atoms with Gasteiger partial charge in [0, 0.05) is 13.2 Å². The molecule has 0 radical (unpaired) electrons. The van der Waals surface area contributed by atoms with Crippen LogP contribution >= 0.6 is 0 Å². The van der Waals surface area contributed by atoms with Crippen LogP contribution in [0.5, 0.6) is 0 Å². The molecule has 3 atom stereocenters. The van der Waals surface area contributed by atoms with Crippen LogP contribution in [0.3, 0.4) is 0 Å². The molecule has 1 aliphatic rings. The number of aliphatic hydroxyl groups is 1. The lowest BCUT2D eigenvalue weighted by Gasteiger charge is -2.47. The van der Waals surface area contributed by atoms with Crippen LogP contribution < -0.4 is 0 Å². The Bertz CT molecular complexity index is 320. The average Bonchev–Trinajstić information content (AvgIpc) is 2.51. The third kappa shape index (κ3) is 1.10. The molecule has 0 bridgehead atoms. The molecule has 1 saturated carbocycles. The minimum absolute atomic E-state index is 0.322. The van der Waals surface area contributed by atoms with Crippen molar-refractivity contribution in [3.63, 3.8) is 0 Å². The van der Waals surface area contributed by atoms with E-state index in [-0.39, 0.29) is 0 Å². The average molecular weight is 180 g/mol. The SMILES string of the molecule is CC1CC(O)(c2cn(C)cn2)C1C. The molecule has 3 unspecified atom stereocenters. The number of nitrogens with zero attached hydrogens (tertiary/aromatic N) is 2. The van der Waals surface area contributed by atoms with Gasteiger partial charge < -0.3 is 9.67 Å². The van der Waals surface area contributed by atoms with Gasteiger partial charge in [-0.1, -0.05) is 13.8 Å². The quantitative estimate of drug-likeness (QED) is 0.707. The van der Waals surface area contributed by atoms with E-state index >= 15 is 0 Å². The van der Waals surface area contributed by atoms with Crippen LogP contribution in [0.25, 0.3) is 0 Å².